The van der Waals surface area contributed by atoms with Gasteiger partial charge in [-0.15, -0.1) is 0 Å². The minimum Gasteiger partial charge on any atom is -0.496 e. The summed E-state index contributed by atoms with van der Waals surface area (Å²) in [5.74, 6) is 0.837. The number of amides is 1. The fourth-order valence-corrected chi connectivity index (χ4v) is 2.64. The van der Waals surface area contributed by atoms with Crippen molar-refractivity contribution in [3.05, 3.63) is 76.6 Å². The van der Waals surface area contributed by atoms with E-state index < -0.39 is 0 Å². The highest BCUT2D eigenvalue weighted by Crippen LogP contribution is 2.19. The van der Waals surface area contributed by atoms with Gasteiger partial charge in [0.2, 0.25) is 5.95 Å². The molecular weight excluding hydrogens is 364 g/mol. The minimum atomic E-state index is -0.317. The highest BCUT2D eigenvalue weighted by Gasteiger charge is 2.11. The number of hydrogen-bond donors (Lipinski definition) is 2. The highest BCUT2D eigenvalue weighted by atomic mass is 35.5. The van der Waals surface area contributed by atoms with E-state index in [0.29, 0.717) is 28.9 Å². The van der Waals surface area contributed by atoms with Crippen molar-refractivity contribution >= 4 is 29.1 Å². The van der Waals surface area contributed by atoms with Crippen molar-refractivity contribution in [1.29, 1.82) is 0 Å². The number of aryl methyl sites for hydroxylation is 1. The maximum absolute atomic E-state index is 12.5. The molecule has 0 fully saturated rings. The van der Waals surface area contributed by atoms with Crippen LogP contribution in [0.2, 0.25) is 5.02 Å². The summed E-state index contributed by atoms with van der Waals surface area (Å²) in [5, 5.41) is 6.54. The van der Waals surface area contributed by atoms with Crippen LogP contribution in [0.3, 0.4) is 0 Å². The first kappa shape index (κ1) is 18.7. The van der Waals surface area contributed by atoms with Gasteiger partial charge in [-0.3, -0.25) is 4.79 Å². The fraction of sp³-hybridized carbons (Fsp3) is 0.150. The van der Waals surface area contributed by atoms with Crippen LogP contribution >= 0.6 is 11.6 Å². The lowest BCUT2D eigenvalue weighted by Crippen LogP contribution is -2.16. The Balaban J connectivity index is 1.73. The first-order chi connectivity index (χ1) is 13.0. The number of anilines is 2. The third-order valence-corrected chi connectivity index (χ3v) is 4.07. The van der Waals surface area contributed by atoms with Gasteiger partial charge in [0, 0.05) is 28.5 Å². The molecule has 1 heterocycles. The predicted octanol–water partition coefficient (Wildman–Crippen LogP) is 4.31. The summed E-state index contributed by atoms with van der Waals surface area (Å²) >= 11 is 5.86. The van der Waals surface area contributed by atoms with Crippen LogP contribution in [0.1, 0.15) is 21.7 Å². The van der Waals surface area contributed by atoms with Gasteiger partial charge in [-0.2, -0.15) is 0 Å². The second-order valence-electron chi connectivity index (χ2n) is 5.84. The fourth-order valence-electron chi connectivity index (χ4n) is 2.52. The number of nitrogens with zero attached hydrogens (tertiary/aromatic N) is 2. The number of carbonyl (C=O) groups is 1. The monoisotopic (exact) mass is 382 g/mol. The van der Waals surface area contributed by atoms with Crippen molar-refractivity contribution < 1.29 is 9.53 Å². The Kier molecular flexibility index (Phi) is 5.88. The van der Waals surface area contributed by atoms with Crippen molar-refractivity contribution in [2.45, 2.75) is 13.5 Å². The number of rotatable bonds is 6. The topological polar surface area (TPSA) is 76.1 Å². The molecule has 138 valence electrons. The molecule has 1 aromatic heterocycles. The Morgan fingerprint density at radius 1 is 1.11 bits per heavy atom. The predicted molar refractivity (Wildman–Crippen MR) is 106 cm³/mol. The van der Waals surface area contributed by atoms with Crippen molar-refractivity contribution in [3.63, 3.8) is 0 Å². The highest BCUT2D eigenvalue weighted by molar-refractivity contribution is 6.30. The molecule has 0 saturated heterocycles. The lowest BCUT2D eigenvalue weighted by Gasteiger charge is -2.11. The summed E-state index contributed by atoms with van der Waals surface area (Å²) in [6.45, 7) is 2.29. The number of ether oxygens (including phenoxy) is 1. The number of nitrogens with one attached hydrogen (secondary N) is 2. The lowest BCUT2D eigenvalue weighted by atomic mass is 10.2. The van der Waals surface area contributed by atoms with Gasteiger partial charge in [0.1, 0.15) is 11.4 Å². The van der Waals surface area contributed by atoms with E-state index in [1.165, 1.54) is 0 Å². The van der Waals surface area contributed by atoms with E-state index in [4.69, 9.17) is 16.3 Å². The van der Waals surface area contributed by atoms with E-state index in [1.54, 1.807) is 37.4 Å². The van der Waals surface area contributed by atoms with Gasteiger partial charge in [0.15, 0.2) is 0 Å². The summed E-state index contributed by atoms with van der Waals surface area (Å²) in [6.07, 6.45) is 0. The second kappa shape index (κ2) is 8.51. The molecule has 1 amide bonds. The number of halogens is 1. The molecule has 3 rings (SSSR count). The molecule has 7 heteroatoms. The molecule has 2 N–H and O–H groups in total. The van der Waals surface area contributed by atoms with Crippen molar-refractivity contribution in [3.8, 4) is 5.75 Å². The normalized spacial score (nSPS) is 10.3. The zero-order valence-corrected chi connectivity index (χ0v) is 15.7. The maximum Gasteiger partial charge on any atom is 0.274 e. The largest absolute Gasteiger partial charge is 0.496 e. The summed E-state index contributed by atoms with van der Waals surface area (Å²) < 4.78 is 5.34. The van der Waals surface area contributed by atoms with Crippen LogP contribution < -0.4 is 15.4 Å². The Morgan fingerprint density at radius 2 is 1.85 bits per heavy atom. The van der Waals surface area contributed by atoms with E-state index in [-0.39, 0.29) is 11.6 Å². The molecule has 27 heavy (non-hydrogen) atoms. The first-order valence-corrected chi connectivity index (χ1v) is 8.71. The SMILES string of the molecule is COc1ccccc1CNc1nc(C)cc(C(=O)Nc2ccc(Cl)cc2)n1. The third-order valence-electron chi connectivity index (χ3n) is 3.82. The van der Waals surface area contributed by atoms with Gasteiger partial charge in [-0.1, -0.05) is 29.8 Å². The molecule has 2 aromatic carbocycles. The number of carbonyl (C=O) groups excluding carboxylic acids is 1. The van der Waals surface area contributed by atoms with E-state index in [0.717, 1.165) is 11.3 Å². The standard InChI is InChI=1S/C20H19ClN4O2/c1-13-11-17(19(26)24-16-9-7-15(21)8-10-16)25-20(23-13)22-12-14-5-3-4-6-18(14)27-2/h3-11H,12H2,1-2H3,(H,24,26)(H,22,23,25). The van der Waals surface area contributed by atoms with Crippen LogP contribution in [0.15, 0.2) is 54.6 Å². The number of benzene rings is 2. The van der Waals surface area contributed by atoms with E-state index in [1.807, 2.05) is 31.2 Å². The molecule has 0 radical (unpaired) electrons. The number of hydrogen-bond acceptors (Lipinski definition) is 5. The number of methoxy groups -OCH3 is 1. The summed E-state index contributed by atoms with van der Waals surface area (Å²) in [6, 6.07) is 16.2. The smallest absolute Gasteiger partial charge is 0.274 e. The lowest BCUT2D eigenvalue weighted by molar-refractivity contribution is 0.102. The zero-order valence-electron chi connectivity index (χ0n) is 15.0. The van der Waals surface area contributed by atoms with Gasteiger partial charge < -0.3 is 15.4 Å². The Labute approximate surface area is 162 Å². The maximum atomic E-state index is 12.5. The number of aromatic nitrogens is 2. The van der Waals surface area contributed by atoms with E-state index >= 15 is 0 Å². The molecule has 0 aliphatic rings. The molecule has 0 bridgehead atoms. The molecule has 0 aliphatic carbocycles. The second-order valence-corrected chi connectivity index (χ2v) is 6.28. The molecule has 0 aliphatic heterocycles. The van der Waals surface area contributed by atoms with Crippen molar-refractivity contribution in [2.24, 2.45) is 0 Å². The summed E-state index contributed by atoms with van der Waals surface area (Å²) in [4.78, 5) is 21.2. The van der Waals surface area contributed by atoms with Crippen LogP contribution in [-0.4, -0.2) is 23.0 Å². The Bertz CT molecular complexity index is 945. The van der Waals surface area contributed by atoms with Crippen molar-refractivity contribution in [2.75, 3.05) is 17.7 Å². The molecule has 0 saturated carbocycles. The van der Waals surface area contributed by atoms with Crippen LogP contribution in [0, 0.1) is 6.92 Å². The molecule has 3 aromatic rings. The van der Waals surface area contributed by atoms with Gasteiger partial charge >= 0.3 is 0 Å². The van der Waals surface area contributed by atoms with E-state index in [2.05, 4.69) is 20.6 Å². The third kappa shape index (κ3) is 4.95. The Morgan fingerprint density at radius 3 is 2.59 bits per heavy atom. The Hall–Kier alpha value is -3.12. The molecular formula is C20H19ClN4O2. The molecule has 6 nitrogen and oxygen atoms in total. The summed E-state index contributed by atoms with van der Waals surface area (Å²) in [5.41, 5.74) is 2.58. The zero-order chi connectivity index (χ0) is 19.2. The van der Waals surface area contributed by atoms with Crippen LogP contribution in [0.25, 0.3) is 0 Å². The van der Waals surface area contributed by atoms with E-state index in [9.17, 15) is 4.79 Å². The first-order valence-electron chi connectivity index (χ1n) is 8.33. The molecule has 0 spiro atoms. The van der Waals surface area contributed by atoms with Crippen LogP contribution in [0.4, 0.5) is 11.6 Å². The van der Waals surface area contributed by atoms with Crippen molar-refractivity contribution in [1.82, 2.24) is 9.97 Å². The quantitative estimate of drug-likeness (QED) is 0.664. The average Bonchev–Trinajstić information content (AvgIpc) is 2.68. The van der Waals surface area contributed by atoms with Crippen LogP contribution in [0.5, 0.6) is 5.75 Å². The molecule has 0 unspecified atom stereocenters. The minimum absolute atomic E-state index is 0.278. The van der Waals surface area contributed by atoms with Gasteiger partial charge in [0.25, 0.3) is 5.91 Å². The average molecular weight is 383 g/mol. The van der Waals surface area contributed by atoms with Gasteiger partial charge in [-0.25, -0.2) is 9.97 Å². The van der Waals surface area contributed by atoms with Gasteiger partial charge in [-0.05, 0) is 43.3 Å². The molecule has 0 atom stereocenters. The van der Waals surface area contributed by atoms with Crippen LogP contribution in [-0.2, 0) is 6.54 Å². The van der Waals surface area contributed by atoms with Gasteiger partial charge in [0.05, 0.1) is 7.11 Å². The summed E-state index contributed by atoms with van der Waals surface area (Å²) in [7, 11) is 1.63. The number of para-hydroxylation sites is 1.